The Morgan fingerprint density at radius 1 is 0.537 bits per heavy atom. The lowest BCUT2D eigenvalue weighted by molar-refractivity contribution is 0.284. The van der Waals surface area contributed by atoms with E-state index in [1.165, 1.54) is 22.8 Å². The Kier molecular flexibility index (Phi) is 9.07. The van der Waals surface area contributed by atoms with Crippen LogP contribution in [-0.4, -0.2) is 33.1 Å². The Morgan fingerprint density at radius 2 is 0.902 bits per heavy atom. The van der Waals surface area contributed by atoms with Crippen molar-refractivity contribution in [1.29, 1.82) is 0 Å². The zero-order chi connectivity index (χ0) is 28.5. The van der Waals surface area contributed by atoms with Gasteiger partial charge in [0.1, 0.15) is 11.5 Å². The van der Waals surface area contributed by atoms with Crippen molar-refractivity contribution >= 4 is 0 Å². The van der Waals surface area contributed by atoms with Gasteiger partial charge in [0.05, 0.1) is 13.2 Å². The summed E-state index contributed by atoms with van der Waals surface area (Å²) in [5.41, 5.74) is 5.95. The van der Waals surface area contributed by atoms with Crippen molar-refractivity contribution in [1.82, 2.24) is 19.9 Å². The molecule has 1 aromatic carbocycles. The van der Waals surface area contributed by atoms with Crippen molar-refractivity contribution in [3.05, 3.63) is 120 Å². The number of hydrogen-bond donors (Lipinski definition) is 4. The van der Waals surface area contributed by atoms with Crippen LogP contribution >= 0.6 is 0 Å². The first-order valence-electron chi connectivity index (χ1n) is 14.9. The molecule has 0 fully saturated rings. The third-order valence-corrected chi connectivity index (χ3v) is 8.47. The average molecular weight is 553 g/mol. The van der Waals surface area contributed by atoms with Crippen molar-refractivity contribution < 1.29 is 9.47 Å². The number of hydrogen-bond acceptors (Lipinski definition) is 2. The van der Waals surface area contributed by atoms with Crippen LogP contribution in [0.4, 0.5) is 0 Å². The average Bonchev–Trinajstić information content (AvgIpc) is 3.80. The van der Waals surface area contributed by atoms with Gasteiger partial charge in [-0.1, -0.05) is 0 Å². The number of H-pyrrole nitrogens is 4. The summed E-state index contributed by atoms with van der Waals surface area (Å²) in [6, 6.07) is 23.2. The molecular formula is C35H44N4O2. The molecular weight excluding hydrogens is 508 g/mol. The Bertz CT molecular complexity index is 1240. The topological polar surface area (TPSA) is 81.6 Å². The van der Waals surface area contributed by atoms with Gasteiger partial charge in [0.15, 0.2) is 0 Å². The van der Waals surface area contributed by atoms with Crippen LogP contribution in [0.15, 0.2) is 91.5 Å². The Labute approximate surface area is 243 Å². The molecule has 0 aliphatic rings. The fraction of sp³-hybridized carbons (Fsp3) is 0.371. The highest BCUT2D eigenvalue weighted by Gasteiger charge is 2.31. The fourth-order valence-corrected chi connectivity index (χ4v) is 5.94. The molecule has 41 heavy (non-hydrogen) atoms. The van der Waals surface area contributed by atoms with E-state index in [0.29, 0.717) is 13.2 Å². The van der Waals surface area contributed by atoms with Gasteiger partial charge >= 0.3 is 0 Å². The lowest BCUT2D eigenvalue weighted by Gasteiger charge is -2.28. The smallest absolute Gasteiger partial charge is 0.123 e. The minimum atomic E-state index is -0.0718. The second-order valence-corrected chi connectivity index (χ2v) is 11.6. The molecule has 0 unspecified atom stereocenters. The van der Waals surface area contributed by atoms with Crippen LogP contribution in [0.3, 0.4) is 0 Å². The van der Waals surface area contributed by atoms with E-state index >= 15 is 0 Å². The first-order chi connectivity index (χ1) is 20.0. The molecule has 5 rings (SSSR count). The van der Waals surface area contributed by atoms with Crippen molar-refractivity contribution in [3.63, 3.8) is 0 Å². The van der Waals surface area contributed by atoms with E-state index in [9.17, 15) is 0 Å². The summed E-state index contributed by atoms with van der Waals surface area (Å²) >= 11 is 0. The van der Waals surface area contributed by atoms with Gasteiger partial charge in [-0.2, -0.15) is 0 Å². The number of ether oxygens (including phenoxy) is 2. The van der Waals surface area contributed by atoms with E-state index in [1.54, 1.807) is 0 Å². The second-order valence-electron chi connectivity index (χ2n) is 11.6. The monoisotopic (exact) mass is 552 g/mol. The van der Waals surface area contributed by atoms with Crippen LogP contribution in [-0.2, 0) is 10.8 Å². The van der Waals surface area contributed by atoms with E-state index in [-0.39, 0.29) is 10.8 Å². The molecule has 6 nitrogen and oxygen atoms in total. The molecule has 216 valence electrons. The van der Waals surface area contributed by atoms with Gasteiger partial charge < -0.3 is 29.4 Å². The third-order valence-electron chi connectivity index (χ3n) is 8.47. The SMILES string of the molecule is Cc1cc(OCCCCC(C)(c2ccc[nH]2)c2ccc[nH]2)cc(OCCCCC(C)(c2ccc[nH]2)c2ccc[nH]2)c1. The molecule has 0 atom stereocenters. The quantitative estimate of drug-likeness (QED) is 0.0927. The maximum atomic E-state index is 6.18. The van der Waals surface area contributed by atoms with Gasteiger partial charge in [0, 0.05) is 64.5 Å². The van der Waals surface area contributed by atoms with Gasteiger partial charge in [0.2, 0.25) is 0 Å². The van der Waals surface area contributed by atoms with Crippen LogP contribution in [0.25, 0.3) is 0 Å². The van der Waals surface area contributed by atoms with E-state index in [2.05, 4.69) is 101 Å². The molecule has 4 aromatic heterocycles. The number of aromatic nitrogens is 4. The lowest BCUT2D eigenvalue weighted by Crippen LogP contribution is -2.25. The Morgan fingerprint density at radius 3 is 1.22 bits per heavy atom. The normalized spacial score (nSPS) is 12.1. The summed E-state index contributed by atoms with van der Waals surface area (Å²) in [6.07, 6.45) is 14.2. The summed E-state index contributed by atoms with van der Waals surface area (Å²) in [5.74, 6) is 1.75. The lowest BCUT2D eigenvalue weighted by atomic mass is 9.79. The highest BCUT2D eigenvalue weighted by atomic mass is 16.5. The number of nitrogens with one attached hydrogen (secondary N) is 4. The van der Waals surface area contributed by atoms with E-state index in [0.717, 1.165) is 55.6 Å². The largest absolute Gasteiger partial charge is 0.493 e. The molecule has 0 aliphatic carbocycles. The van der Waals surface area contributed by atoms with Gasteiger partial charge in [-0.05, 0) is 126 Å². The molecule has 0 spiro atoms. The van der Waals surface area contributed by atoms with Crippen LogP contribution < -0.4 is 9.47 Å². The maximum absolute atomic E-state index is 6.18. The molecule has 4 N–H and O–H groups in total. The first-order valence-corrected chi connectivity index (χ1v) is 14.9. The number of unbranched alkanes of at least 4 members (excludes halogenated alkanes) is 2. The maximum Gasteiger partial charge on any atom is 0.123 e. The molecule has 0 radical (unpaired) electrons. The molecule has 0 bridgehead atoms. The highest BCUT2D eigenvalue weighted by Crippen LogP contribution is 2.36. The summed E-state index contributed by atoms with van der Waals surface area (Å²) in [7, 11) is 0. The zero-order valence-electron chi connectivity index (χ0n) is 24.6. The van der Waals surface area contributed by atoms with E-state index in [1.807, 2.05) is 30.9 Å². The third kappa shape index (κ3) is 6.82. The molecule has 5 aromatic rings. The van der Waals surface area contributed by atoms with Crippen LogP contribution in [0.5, 0.6) is 11.5 Å². The van der Waals surface area contributed by atoms with Crippen molar-refractivity contribution in [3.8, 4) is 11.5 Å². The molecule has 0 saturated carbocycles. The zero-order valence-corrected chi connectivity index (χ0v) is 24.6. The number of aryl methyl sites for hydroxylation is 1. The predicted octanol–water partition coefficient (Wildman–Crippen LogP) is 8.42. The molecule has 0 aliphatic heterocycles. The van der Waals surface area contributed by atoms with Gasteiger partial charge in [-0.3, -0.25) is 0 Å². The van der Waals surface area contributed by atoms with Gasteiger partial charge in [0.25, 0.3) is 0 Å². The van der Waals surface area contributed by atoms with Crippen molar-refractivity contribution in [2.45, 2.75) is 70.1 Å². The van der Waals surface area contributed by atoms with Gasteiger partial charge in [-0.15, -0.1) is 0 Å². The van der Waals surface area contributed by atoms with Gasteiger partial charge in [-0.25, -0.2) is 0 Å². The molecule has 6 heteroatoms. The van der Waals surface area contributed by atoms with Crippen molar-refractivity contribution in [2.75, 3.05) is 13.2 Å². The van der Waals surface area contributed by atoms with Crippen LogP contribution in [0, 0.1) is 6.92 Å². The van der Waals surface area contributed by atoms with Crippen molar-refractivity contribution in [2.24, 2.45) is 0 Å². The van der Waals surface area contributed by atoms with E-state index < -0.39 is 0 Å². The molecule has 0 amide bonds. The minimum Gasteiger partial charge on any atom is -0.493 e. The molecule has 4 heterocycles. The second kappa shape index (κ2) is 13.1. The highest BCUT2D eigenvalue weighted by molar-refractivity contribution is 5.38. The summed E-state index contributed by atoms with van der Waals surface area (Å²) in [6.45, 7) is 8.07. The summed E-state index contributed by atoms with van der Waals surface area (Å²) in [4.78, 5) is 13.7. The standard InChI is InChI=1S/C35H44N4O2/c1-27-24-28(40-22-6-4-16-34(2,30-12-8-18-36-30)31-13-9-19-37-31)26-29(25-27)41-23-7-5-17-35(3,32-14-10-20-38-32)33-15-11-21-39-33/h8-15,18-21,24-26,36-39H,4-7,16-17,22-23H2,1-3H3. The first kappa shape index (κ1) is 28.5. The van der Waals surface area contributed by atoms with Crippen LogP contribution in [0.2, 0.25) is 0 Å². The summed E-state index contributed by atoms with van der Waals surface area (Å²) in [5, 5.41) is 0. The Hall–Kier alpha value is -4.06. The summed E-state index contributed by atoms with van der Waals surface area (Å²) < 4.78 is 12.4. The molecule has 0 saturated heterocycles. The predicted molar refractivity (Wildman–Crippen MR) is 166 cm³/mol. The minimum absolute atomic E-state index is 0.0718. The number of benzene rings is 1. The Balaban J connectivity index is 1.07. The van der Waals surface area contributed by atoms with E-state index in [4.69, 9.17) is 9.47 Å². The number of aromatic amines is 4. The van der Waals surface area contributed by atoms with Crippen LogP contribution in [0.1, 0.15) is 80.7 Å². The number of rotatable bonds is 16. The fourth-order valence-electron chi connectivity index (χ4n) is 5.94.